The van der Waals surface area contributed by atoms with Gasteiger partial charge in [-0.05, 0) is 31.4 Å². The average molecular weight is 251 g/mol. The normalized spacial score (nSPS) is 16.4. The zero-order chi connectivity index (χ0) is 13.0. The van der Waals surface area contributed by atoms with Crippen LogP contribution in [0.15, 0.2) is 12.1 Å². The van der Waals surface area contributed by atoms with Gasteiger partial charge in [0.15, 0.2) is 11.5 Å². The van der Waals surface area contributed by atoms with E-state index in [1.54, 1.807) is 14.2 Å². The highest BCUT2D eigenvalue weighted by molar-refractivity contribution is 5.60. The second-order valence-electron chi connectivity index (χ2n) is 4.55. The molecular weight excluding hydrogens is 230 g/mol. The SMILES string of the molecule is COc1cc(C)c(NC2CCOCC2)cc1OC. The van der Waals surface area contributed by atoms with E-state index in [-0.39, 0.29) is 0 Å². The van der Waals surface area contributed by atoms with Crippen LogP contribution in [0, 0.1) is 6.92 Å². The first-order valence-electron chi connectivity index (χ1n) is 6.31. The minimum atomic E-state index is 0.482. The number of ether oxygens (including phenoxy) is 3. The number of benzene rings is 1. The molecule has 100 valence electrons. The van der Waals surface area contributed by atoms with Gasteiger partial charge in [-0.3, -0.25) is 0 Å². The van der Waals surface area contributed by atoms with E-state index < -0.39 is 0 Å². The Labute approximate surface area is 108 Å². The molecule has 1 aromatic carbocycles. The second kappa shape index (κ2) is 5.96. The number of rotatable bonds is 4. The zero-order valence-corrected chi connectivity index (χ0v) is 11.3. The Morgan fingerprint density at radius 2 is 1.72 bits per heavy atom. The maximum atomic E-state index is 5.36. The molecule has 0 aliphatic carbocycles. The highest BCUT2D eigenvalue weighted by Crippen LogP contribution is 2.33. The molecule has 0 amide bonds. The summed E-state index contributed by atoms with van der Waals surface area (Å²) in [7, 11) is 3.31. The van der Waals surface area contributed by atoms with Crippen molar-refractivity contribution in [3.8, 4) is 11.5 Å². The van der Waals surface area contributed by atoms with Gasteiger partial charge in [-0.25, -0.2) is 0 Å². The molecule has 2 rings (SSSR count). The van der Waals surface area contributed by atoms with E-state index >= 15 is 0 Å². The lowest BCUT2D eigenvalue weighted by molar-refractivity contribution is 0.0904. The Balaban J connectivity index is 2.16. The molecule has 1 aromatic rings. The van der Waals surface area contributed by atoms with E-state index in [0.717, 1.165) is 43.2 Å². The Bertz CT molecular complexity index is 400. The van der Waals surface area contributed by atoms with Gasteiger partial charge in [0, 0.05) is 31.0 Å². The molecule has 0 bridgehead atoms. The predicted octanol–water partition coefficient (Wildman–Crippen LogP) is 2.60. The van der Waals surface area contributed by atoms with Crippen molar-refractivity contribution >= 4 is 5.69 Å². The minimum absolute atomic E-state index is 0.482. The largest absolute Gasteiger partial charge is 0.493 e. The van der Waals surface area contributed by atoms with Gasteiger partial charge in [-0.1, -0.05) is 0 Å². The van der Waals surface area contributed by atoms with Gasteiger partial charge in [0.1, 0.15) is 0 Å². The van der Waals surface area contributed by atoms with Crippen LogP contribution in [0.3, 0.4) is 0 Å². The summed E-state index contributed by atoms with van der Waals surface area (Å²) in [4.78, 5) is 0. The molecule has 0 unspecified atom stereocenters. The van der Waals surface area contributed by atoms with Crippen LogP contribution in [-0.2, 0) is 4.74 Å². The van der Waals surface area contributed by atoms with Crippen LogP contribution in [0.1, 0.15) is 18.4 Å². The summed E-state index contributed by atoms with van der Waals surface area (Å²) in [5, 5.41) is 3.56. The van der Waals surface area contributed by atoms with Crippen molar-refractivity contribution in [3.63, 3.8) is 0 Å². The first kappa shape index (κ1) is 13.0. The zero-order valence-electron chi connectivity index (χ0n) is 11.3. The van der Waals surface area contributed by atoms with Gasteiger partial charge >= 0.3 is 0 Å². The highest BCUT2D eigenvalue weighted by Gasteiger charge is 2.15. The predicted molar refractivity (Wildman–Crippen MR) is 71.7 cm³/mol. The Kier molecular flexibility index (Phi) is 4.31. The molecule has 1 N–H and O–H groups in total. The molecule has 1 heterocycles. The van der Waals surface area contributed by atoms with Gasteiger partial charge in [0.05, 0.1) is 14.2 Å². The number of aryl methyl sites for hydroxylation is 1. The Morgan fingerprint density at radius 3 is 2.33 bits per heavy atom. The third-order valence-corrected chi connectivity index (χ3v) is 3.31. The smallest absolute Gasteiger partial charge is 0.162 e. The standard InChI is InChI=1S/C14H21NO3/c1-10-8-13(16-2)14(17-3)9-12(10)15-11-4-6-18-7-5-11/h8-9,11,15H,4-7H2,1-3H3. The van der Waals surface area contributed by atoms with Crippen LogP contribution < -0.4 is 14.8 Å². The summed E-state index contributed by atoms with van der Waals surface area (Å²) < 4.78 is 16.0. The fourth-order valence-electron chi connectivity index (χ4n) is 2.20. The van der Waals surface area contributed by atoms with Crippen LogP contribution in [0.5, 0.6) is 11.5 Å². The van der Waals surface area contributed by atoms with E-state index in [1.165, 1.54) is 5.56 Å². The van der Waals surface area contributed by atoms with Crippen molar-refractivity contribution in [2.24, 2.45) is 0 Å². The molecule has 0 spiro atoms. The van der Waals surface area contributed by atoms with E-state index in [2.05, 4.69) is 12.2 Å². The maximum Gasteiger partial charge on any atom is 0.162 e. The number of hydrogen-bond donors (Lipinski definition) is 1. The van der Waals surface area contributed by atoms with Gasteiger partial charge in [-0.15, -0.1) is 0 Å². The van der Waals surface area contributed by atoms with Crippen molar-refractivity contribution in [2.45, 2.75) is 25.8 Å². The third-order valence-electron chi connectivity index (χ3n) is 3.31. The van der Waals surface area contributed by atoms with Crippen molar-refractivity contribution in [2.75, 3.05) is 32.8 Å². The molecule has 1 saturated heterocycles. The number of anilines is 1. The third kappa shape index (κ3) is 2.88. The average Bonchev–Trinajstić information content (AvgIpc) is 2.41. The monoisotopic (exact) mass is 251 g/mol. The molecule has 0 radical (unpaired) electrons. The highest BCUT2D eigenvalue weighted by atomic mass is 16.5. The fourth-order valence-corrected chi connectivity index (χ4v) is 2.20. The lowest BCUT2D eigenvalue weighted by atomic mass is 10.1. The van der Waals surface area contributed by atoms with E-state index in [1.807, 2.05) is 12.1 Å². The quantitative estimate of drug-likeness (QED) is 0.893. The van der Waals surface area contributed by atoms with Crippen molar-refractivity contribution < 1.29 is 14.2 Å². The summed E-state index contributed by atoms with van der Waals surface area (Å²) in [6, 6.07) is 4.49. The molecule has 1 fully saturated rings. The Hall–Kier alpha value is -1.42. The van der Waals surface area contributed by atoms with Crippen LogP contribution in [-0.4, -0.2) is 33.5 Å². The van der Waals surface area contributed by atoms with E-state index in [0.29, 0.717) is 6.04 Å². The van der Waals surface area contributed by atoms with Crippen molar-refractivity contribution in [3.05, 3.63) is 17.7 Å². The molecule has 18 heavy (non-hydrogen) atoms. The summed E-state index contributed by atoms with van der Waals surface area (Å²) in [6.45, 7) is 3.75. The molecule has 0 saturated carbocycles. The molecule has 4 nitrogen and oxygen atoms in total. The first-order chi connectivity index (χ1) is 8.74. The van der Waals surface area contributed by atoms with Gasteiger partial charge in [-0.2, -0.15) is 0 Å². The summed E-state index contributed by atoms with van der Waals surface area (Å²) in [5.41, 5.74) is 2.28. The fraction of sp³-hybridized carbons (Fsp3) is 0.571. The molecule has 0 aromatic heterocycles. The van der Waals surface area contributed by atoms with Crippen LogP contribution in [0.4, 0.5) is 5.69 Å². The number of hydrogen-bond acceptors (Lipinski definition) is 4. The van der Waals surface area contributed by atoms with Crippen molar-refractivity contribution in [1.29, 1.82) is 0 Å². The number of nitrogens with one attached hydrogen (secondary N) is 1. The topological polar surface area (TPSA) is 39.7 Å². The lowest BCUT2D eigenvalue weighted by Crippen LogP contribution is -2.28. The van der Waals surface area contributed by atoms with E-state index in [9.17, 15) is 0 Å². The van der Waals surface area contributed by atoms with E-state index in [4.69, 9.17) is 14.2 Å². The summed E-state index contributed by atoms with van der Waals surface area (Å²) in [6.07, 6.45) is 2.10. The Morgan fingerprint density at radius 1 is 1.11 bits per heavy atom. The van der Waals surface area contributed by atoms with Gasteiger partial charge in [0.25, 0.3) is 0 Å². The maximum absolute atomic E-state index is 5.36. The molecule has 4 heteroatoms. The minimum Gasteiger partial charge on any atom is -0.493 e. The second-order valence-corrected chi connectivity index (χ2v) is 4.55. The molecule has 1 aliphatic rings. The first-order valence-corrected chi connectivity index (χ1v) is 6.31. The van der Waals surface area contributed by atoms with Crippen LogP contribution in [0.25, 0.3) is 0 Å². The summed E-state index contributed by atoms with van der Waals surface area (Å²) in [5.74, 6) is 1.53. The van der Waals surface area contributed by atoms with Crippen LogP contribution >= 0.6 is 0 Å². The lowest BCUT2D eigenvalue weighted by Gasteiger charge is -2.25. The molecule has 1 aliphatic heterocycles. The molecule has 0 atom stereocenters. The van der Waals surface area contributed by atoms with Gasteiger partial charge < -0.3 is 19.5 Å². The molecular formula is C14H21NO3. The summed E-state index contributed by atoms with van der Waals surface area (Å²) >= 11 is 0. The van der Waals surface area contributed by atoms with Crippen LogP contribution in [0.2, 0.25) is 0 Å². The van der Waals surface area contributed by atoms with Crippen molar-refractivity contribution in [1.82, 2.24) is 0 Å². The number of methoxy groups -OCH3 is 2. The van der Waals surface area contributed by atoms with Gasteiger partial charge in [0.2, 0.25) is 0 Å².